The molecule has 2 atom stereocenters. The Bertz CT molecular complexity index is 1050. The number of anilines is 1. The van der Waals surface area contributed by atoms with Gasteiger partial charge in [-0.2, -0.15) is 13.2 Å². The third-order valence-electron chi connectivity index (χ3n) is 4.91. The Morgan fingerprint density at radius 1 is 1.26 bits per heavy atom. The maximum Gasteiger partial charge on any atom is 0.393 e. The zero-order valence-electron chi connectivity index (χ0n) is 16.3. The summed E-state index contributed by atoms with van der Waals surface area (Å²) in [5.41, 5.74) is 1.54. The molecule has 2 N–H and O–H groups in total. The number of benzene rings is 1. The monoisotopic (exact) mass is 452 g/mol. The Morgan fingerprint density at radius 3 is 2.84 bits per heavy atom. The van der Waals surface area contributed by atoms with Crippen LogP contribution in [0.25, 0.3) is 10.1 Å². The highest BCUT2D eigenvalue weighted by Crippen LogP contribution is 2.39. The summed E-state index contributed by atoms with van der Waals surface area (Å²) < 4.78 is 54.4. The van der Waals surface area contributed by atoms with Gasteiger partial charge in [-0.05, 0) is 23.1 Å². The summed E-state index contributed by atoms with van der Waals surface area (Å²) in [6.45, 7) is 0.863. The fourth-order valence-electron chi connectivity index (χ4n) is 3.46. The summed E-state index contributed by atoms with van der Waals surface area (Å²) >= 11 is 1.18. The maximum atomic E-state index is 14.0. The highest BCUT2D eigenvalue weighted by atomic mass is 32.1. The molecule has 1 aliphatic rings. The Hall–Kier alpha value is -2.72. The van der Waals surface area contributed by atoms with E-state index in [2.05, 4.69) is 20.8 Å². The van der Waals surface area contributed by atoms with E-state index in [1.165, 1.54) is 17.6 Å². The van der Waals surface area contributed by atoms with Crippen LogP contribution in [0, 0.1) is 0 Å². The van der Waals surface area contributed by atoms with Gasteiger partial charge < -0.3 is 15.5 Å². The van der Waals surface area contributed by atoms with Crippen molar-refractivity contribution >= 4 is 33.3 Å². The second-order valence-corrected chi connectivity index (χ2v) is 8.27. The third-order valence-corrected chi connectivity index (χ3v) is 6.12. The molecule has 1 aliphatic heterocycles. The van der Waals surface area contributed by atoms with E-state index in [-0.39, 0.29) is 18.7 Å². The van der Waals surface area contributed by atoms with Crippen molar-refractivity contribution in [3.63, 3.8) is 0 Å². The number of halogens is 4. The van der Waals surface area contributed by atoms with Gasteiger partial charge in [-0.25, -0.2) is 4.39 Å². The summed E-state index contributed by atoms with van der Waals surface area (Å²) in [6.07, 6.45) is -1.97. The summed E-state index contributed by atoms with van der Waals surface area (Å²) in [5.74, 6) is 0. The molecule has 4 rings (SSSR count). The van der Waals surface area contributed by atoms with Gasteiger partial charge in [0.05, 0.1) is 33.9 Å². The van der Waals surface area contributed by atoms with Crippen LogP contribution in [-0.4, -0.2) is 42.7 Å². The average Bonchev–Trinajstić information content (AvgIpc) is 3.29. The third kappa shape index (κ3) is 5.31. The van der Waals surface area contributed by atoms with Crippen LogP contribution in [0.5, 0.6) is 0 Å². The molecule has 0 saturated carbocycles. The first-order valence-electron chi connectivity index (χ1n) is 9.67. The van der Waals surface area contributed by atoms with Crippen molar-refractivity contribution in [3.05, 3.63) is 58.7 Å². The predicted octanol–water partition coefficient (Wildman–Crippen LogP) is 4.67. The standard InChI is InChI=1S/C21H20F4N4OS/c22-16-9-27-10-18(16)29-17-5-1-4-14-15(7-21(23,24)25)19(31-20(14)17)11-28-30-12-13-3-2-6-26-8-13/h1-6,8,11,16,18,27,29H,7,9-10,12H2/b28-11+/t16-,18+/m0/s1. The normalized spacial score (nSPS) is 19.4. The molecule has 1 saturated heterocycles. The topological polar surface area (TPSA) is 58.5 Å². The van der Waals surface area contributed by atoms with Gasteiger partial charge in [0.15, 0.2) is 0 Å². The number of hydrogen-bond acceptors (Lipinski definition) is 6. The summed E-state index contributed by atoms with van der Waals surface area (Å²) in [7, 11) is 0. The van der Waals surface area contributed by atoms with Crippen molar-refractivity contribution in [2.75, 3.05) is 18.4 Å². The zero-order valence-corrected chi connectivity index (χ0v) is 17.1. The van der Waals surface area contributed by atoms with E-state index < -0.39 is 24.8 Å². The number of pyridine rings is 1. The molecule has 5 nitrogen and oxygen atoms in total. The molecule has 164 valence electrons. The molecule has 1 aromatic carbocycles. The summed E-state index contributed by atoms with van der Waals surface area (Å²) in [6, 6.07) is 8.20. The van der Waals surface area contributed by atoms with Crippen molar-refractivity contribution in [3.8, 4) is 0 Å². The van der Waals surface area contributed by atoms with E-state index in [4.69, 9.17) is 4.84 Å². The molecular formula is C21H20F4N4OS. The molecular weight excluding hydrogens is 432 g/mol. The zero-order chi connectivity index (χ0) is 21.8. The van der Waals surface area contributed by atoms with Crippen LogP contribution in [-0.2, 0) is 17.9 Å². The lowest BCUT2D eigenvalue weighted by atomic mass is 10.1. The van der Waals surface area contributed by atoms with E-state index in [0.717, 1.165) is 5.56 Å². The summed E-state index contributed by atoms with van der Waals surface area (Å²) in [5, 5.41) is 10.4. The minimum absolute atomic E-state index is 0.131. The Labute approximate surface area is 180 Å². The van der Waals surface area contributed by atoms with Crippen LogP contribution in [0.2, 0.25) is 0 Å². The van der Waals surface area contributed by atoms with E-state index in [1.807, 2.05) is 6.07 Å². The van der Waals surface area contributed by atoms with Crippen molar-refractivity contribution in [1.82, 2.24) is 10.3 Å². The first kappa shape index (κ1) is 21.5. The van der Waals surface area contributed by atoms with E-state index in [9.17, 15) is 17.6 Å². The first-order chi connectivity index (χ1) is 14.9. The first-order valence-corrected chi connectivity index (χ1v) is 10.5. The maximum absolute atomic E-state index is 14.0. The van der Waals surface area contributed by atoms with Crippen LogP contribution in [0.4, 0.5) is 23.2 Å². The number of aromatic nitrogens is 1. The Morgan fingerprint density at radius 2 is 2.13 bits per heavy atom. The van der Waals surface area contributed by atoms with Crippen molar-refractivity contribution in [1.29, 1.82) is 0 Å². The second kappa shape index (κ2) is 9.19. The fourth-order valence-corrected chi connectivity index (χ4v) is 4.62. The van der Waals surface area contributed by atoms with Crippen LogP contribution in [0.3, 0.4) is 0 Å². The molecule has 0 radical (unpaired) electrons. The number of rotatable bonds is 7. The van der Waals surface area contributed by atoms with Crippen LogP contribution in [0.15, 0.2) is 47.9 Å². The molecule has 31 heavy (non-hydrogen) atoms. The highest BCUT2D eigenvalue weighted by molar-refractivity contribution is 7.21. The number of hydrogen-bond donors (Lipinski definition) is 2. The van der Waals surface area contributed by atoms with Crippen LogP contribution < -0.4 is 10.6 Å². The van der Waals surface area contributed by atoms with E-state index >= 15 is 0 Å². The van der Waals surface area contributed by atoms with Gasteiger partial charge in [0.25, 0.3) is 0 Å². The SMILES string of the molecule is F[C@H]1CNC[C@H]1Nc1cccc2c(CC(F)(F)F)c(/C=N/OCc3cccnc3)sc12. The largest absolute Gasteiger partial charge is 0.393 e. The molecule has 0 unspecified atom stereocenters. The molecule has 0 amide bonds. The van der Waals surface area contributed by atoms with Crippen LogP contribution >= 0.6 is 11.3 Å². The number of fused-ring (bicyclic) bond motifs is 1. The smallest absolute Gasteiger partial charge is 0.391 e. The molecule has 3 heterocycles. The molecule has 2 aromatic heterocycles. The highest BCUT2D eigenvalue weighted by Gasteiger charge is 2.32. The molecule has 0 bridgehead atoms. The quantitative estimate of drug-likeness (QED) is 0.311. The minimum atomic E-state index is -4.38. The number of nitrogens with one attached hydrogen (secondary N) is 2. The van der Waals surface area contributed by atoms with E-state index in [1.54, 1.807) is 36.7 Å². The second-order valence-electron chi connectivity index (χ2n) is 7.21. The molecule has 3 aromatic rings. The van der Waals surface area contributed by atoms with Gasteiger partial charge in [-0.3, -0.25) is 4.98 Å². The fraction of sp³-hybridized carbons (Fsp3) is 0.333. The number of oxime groups is 1. The molecule has 1 fully saturated rings. The van der Waals surface area contributed by atoms with Crippen molar-refractivity contribution in [2.45, 2.75) is 31.4 Å². The summed E-state index contributed by atoms with van der Waals surface area (Å²) in [4.78, 5) is 9.56. The number of nitrogens with zero attached hydrogens (tertiary/aromatic N) is 2. The van der Waals surface area contributed by atoms with Gasteiger partial charge >= 0.3 is 6.18 Å². The van der Waals surface area contributed by atoms with E-state index in [0.29, 0.717) is 27.2 Å². The number of thiophene rings is 1. The van der Waals surface area contributed by atoms with Gasteiger partial charge in [0.2, 0.25) is 0 Å². The average molecular weight is 452 g/mol. The lowest BCUT2D eigenvalue weighted by Crippen LogP contribution is -2.29. The van der Waals surface area contributed by atoms with Gasteiger partial charge in [-0.15, -0.1) is 11.3 Å². The molecule has 0 spiro atoms. The van der Waals surface area contributed by atoms with Gasteiger partial charge in [0.1, 0.15) is 12.8 Å². The lowest BCUT2D eigenvalue weighted by molar-refractivity contribution is -0.126. The lowest BCUT2D eigenvalue weighted by Gasteiger charge is -2.16. The van der Waals surface area contributed by atoms with Gasteiger partial charge in [-0.1, -0.05) is 23.4 Å². The van der Waals surface area contributed by atoms with Crippen molar-refractivity contribution in [2.24, 2.45) is 5.16 Å². The van der Waals surface area contributed by atoms with Gasteiger partial charge in [0, 0.05) is 31.0 Å². The molecule has 10 heteroatoms. The Balaban J connectivity index is 1.61. The molecule has 0 aliphatic carbocycles. The Kier molecular flexibility index (Phi) is 6.38. The number of alkyl halides is 4. The predicted molar refractivity (Wildman–Crippen MR) is 113 cm³/mol. The van der Waals surface area contributed by atoms with Crippen molar-refractivity contribution < 1.29 is 22.4 Å². The van der Waals surface area contributed by atoms with Crippen LogP contribution in [0.1, 0.15) is 16.0 Å². The minimum Gasteiger partial charge on any atom is -0.391 e.